The minimum atomic E-state index is 0.00285. The molecule has 4 rings (SSSR count). The van der Waals surface area contributed by atoms with Crippen LogP contribution in [0.1, 0.15) is 38.2 Å². The summed E-state index contributed by atoms with van der Waals surface area (Å²) in [5.74, 6) is 0.201. The summed E-state index contributed by atoms with van der Waals surface area (Å²) in [5, 5.41) is 12.5. The second kappa shape index (κ2) is 4.45. The molecule has 0 fully saturated rings. The molecular weight excluding hydrogens is 284 g/mol. The van der Waals surface area contributed by atoms with E-state index in [1.165, 1.54) is 11.1 Å². The Morgan fingerprint density at radius 1 is 0.739 bits per heavy atom. The molecule has 0 radical (unpaired) electrons. The van der Waals surface area contributed by atoms with E-state index in [2.05, 4.69) is 20.8 Å². The quantitative estimate of drug-likeness (QED) is 0.497. The van der Waals surface area contributed by atoms with E-state index in [9.17, 15) is 9.90 Å². The normalized spacial score (nSPS) is 12.6. The van der Waals surface area contributed by atoms with Crippen LogP contribution in [0, 0.1) is 27.7 Å². The highest BCUT2D eigenvalue weighted by Crippen LogP contribution is 2.47. The van der Waals surface area contributed by atoms with Crippen molar-refractivity contribution >= 4 is 16.6 Å². The fourth-order valence-electron chi connectivity index (χ4n) is 3.86. The van der Waals surface area contributed by atoms with E-state index in [1.807, 2.05) is 31.2 Å². The van der Waals surface area contributed by atoms with Gasteiger partial charge in [-0.2, -0.15) is 0 Å². The number of aromatic hydroxyl groups is 1. The lowest BCUT2D eigenvalue weighted by Crippen LogP contribution is -1.99. The maximum Gasteiger partial charge on any atom is 0.194 e. The molecule has 1 aliphatic carbocycles. The lowest BCUT2D eigenvalue weighted by Gasteiger charge is -2.18. The van der Waals surface area contributed by atoms with Crippen molar-refractivity contribution in [3.8, 4) is 16.9 Å². The second-order valence-corrected chi connectivity index (χ2v) is 6.44. The van der Waals surface area contributed by atoms with Gasteiger partial charge in [-0.05, 0) is 67.0 Å². The van der Waals surface area contributed by atoms with Crippen LogP contribution >= 0.6 is 0 Å². The van der Waals surface area contributed by atoms with Crippen LogP contribution in [0.3, 0.4) is 0 Å². The molecule has 0 unspecified atom stereocenters. The summed E-state index contributed by atoms with van der Waals surface area (Å²) in [5.41, 5.74) is 7.93. The highest BCUT2D eigenvalue weighted by Gasteiger charge is 2.30. The van der Waals surface area contributed by atoms with Crippen LogP contribution < -0.4 is 0 Å². The highest BCUT2D eigenvalue weighted by atomic mass is 16.3. The van der Waals surface area contributed by atoms with E-state index in [0.29, 0.717) is 5.56 Å². The SMILES string of the molecule is Cc1c(C)c(C)c2c3c(cc(O)c2c1C)C(=O)c1ccccc1-3. The summed E-state index contributed by atoms with van der Waals surface area (Å²) in [6.07, 6.45) is 0. The number of ketones is 1. The van der Waals surface area contributed by atoms with Crippen LogP contribution in [0.4, 0.5) is 0 Å². The van der Waals surface area contributed by atoms with Gasteiger partial charge in [-0.3, -0.25) is 4.79 Å². The van der Waals surface area contributed by atoms with Crippen molar-refractivity contribution in [2.24, 2.45) is 0 Å². The van der Waals surface area contributed by atoms with Crippen molar-refractivity contribution in [1.29, 1.82) is 0 Å². The van der Waals surface area contributed by atoms with Gasteiger partial charge in [-0.15, -0.1) is 0 Å². The zero-order chi connectivity index (χ0) is 16.5. The number of rotatable bonds is 0. The molecule has 0 spiro atoms. The molecule has 23 heavy (non-hydrogen) atoms. The number of hydrogen-bond donors (Lipinski definition) is 1. The van der Waals surface area contributed by atoms with Crippen LogP contribution in [0.15, 0.2) is 30.3 Å². The van der Waals surface area contributed by atoms with Crippen LogP contribution in [0.2, 0.25) is 0 Å². The van der Waals surface area contributed by atoms with Crippen molar-refractivity contribution in [2.75, 3.05) is 0 Å². The molecule has 0 aliphatic heterocycles. The van der Waals surface area contributed by atoms with Gasteiger partial charge < -0.3 is 5.11 Å². The maximum atomic E-state index is 12.7. The Bertz CT molecular complexity index is 1030. The monoisotopic (exact) mass is 302 g/mol. The molecule has 0 saturated carbocycles. The first kappa shape index (κ1) is 14.0. The van der Waals surface area contributed by atoms with E-state index in [1.54, 1.807) is 6.07 Å². The molecule has 0 amide bonds. The molecule has 2 heteroatoms. The van der Waals surface area contributed by atoms with Gasteiger partial charge >= 0.3 is 0 Å². The largest absolute Gasteiger partial charge is 0.507 e. The minimum Gasteiger partial charge on any atom is -0.507 e. The van der Waals surface area contributed by atoms with E-state index in [-0.39, 0.29) is 11.5 Å². The molecule has 3 aromatic rings. The molecule has 0 saturated heterocycles. The minimum absolute atomic E-state index is 0.00285. The van der Waals surface area contributed by atoms with Crippen LogP contribution in [0.25, 0.3) is 21.9 Å². The average molecular weight is 302 g/mol. The third kappa shape index (κ3) is 1.61. The molecule has 0 heterocycles. The Balaban J connectivity index is 2.32. The van der Waals surface area contributed by atoms with Gasteiger partial charge in [0.2, 0.25) is 0 Å². The Labute approximate surface area is 135 Å². The Morgan fingerprint density at radius 3 is 1.96 bits per heavy atom. The Morgan fingerprint density at radius 2 is 1.30 bits per heavy atom. The fourth-order valence-corrected chi connectivity index (χ4v) is 3.86. The van der Waals surface area contributed by atoms with E-state index in [0.717, 1.165) is 38.6 Å². The Hall–Kier alpha value is -2.61. The summed E-state index contributed by atoms with van der Waals surface area (Å²) in [7, 11) is 0. The van der Waals surface area contributed by atoms with Gasteiger partial charge in [0.25, 0.3) is 0 Å². The van der Waals surface area contributed by atoms with E-state index >= 15 is 0 Å². The number of carbonyl (C=O) groups excluding carboxylic acids is 1. The van der Waals surface area contributed by atoms with Crippen molar-refractivity contribution in [3.05, 3.63) is 63.7 Å². The molecule has 1 aliphatic rings. The number of hydrogen-bond acceptors (Lipinski definition) is 2. The number of carbonyl (C=O) groups is 1. The van der Waals surface area contributed by atoms with Crippen molar-refractivity contribution in [2.45, 2.75) is 27.7 Å². The average Bonchev–Trinajstić information content (AvgIpc) is 2.83. The van der Waals surface area contributed by atoms with Gasteiger partial charge in [0.15, 0.2) is 5.78 Å². The van der Waals surface area contributed by atoms with E-state index in [4.69, 9.17) is 0 Å². The smallest absolute Gasteiger partial charge is 0.194 e. The Kier molecular flexibility index (Phi) is 2.71. The first-order valence-electron chi connectivity index (χ1n) is 7.83. The summed E-state index contributed by atoms with van der Waals surface area (Å²) < 4.78 is 0. The van der Waals surface area contributed by atoms with Crippen molar-refractivity contribution in [1.82, 2.24) is 0 Å². The topological polar surface area (TPSA) is 37.3 Å². The number of phenolic OH excluding ortho intramolecular Hbond substituents is 1. The molecule has 0 atom stereocenters. The third-order valence-electron chi connectivity index (χ3n) is 5.43. The molecular formula is C21H18O2. The lowest BCUT2D eigenvalue weighted by atomic mass is 9.86. The van der Waals surface area contributed by atoms with Crippen LogP contribution in [-0.4, -0.2) is 10.9 Å². The van der Waals surface area contributed by atoms with Gasteiger partial charge in [0.1, 0.15) is 5.75 Å². The van der Waals surface area contributed by atoms with Gasteiger partial charge in [0, 0.05) is 22.1 Å². The number of fused-ring (bicyclic) bond motifs is 5. The van der Waals surface area contributed by atoms with Gasteiger partial charge in [0.05, 0.1) is 0 Å². The van der Waals surface area contributed by atoms with Gasteiger partial charge in [-0.25, -0.2) is 0 Å². The highest BCUT2D eigenvalue weighted by molar-refractivity contribution is 6.27. The molecule has 1 N–H and O–H groups in total. The zero-order valence-electron chi connectivity index (χ0n) is 13.7. The fraction of sp³-hybridized carbons (Fsp3) is 0.190. The first-order chi connectivity index (χ1) is 10.9. The zero-order valence-corrected chi connectivity index (χ0v) is 13.7. The molecule has 0 bridgehead atoms. The first-order valence-corrected chi connectivity index (χ1v) is 7.83. The summed E-state index contributed by atoms with van der Waals surface area (Å²) in [4.78, 5) is 12.7. The van der Waals surface area contributed by atoms with Crippen molar-refractivity contribution < 1.29 is 9.90 Å². The van der Waals surface area contributed by atoms with Crippen LogP contribution in [0.5, 0.6) is 5.75 Å². The van der Waals surface area contributed by atoms with E-state index < -0.39 is 0 Å². The summed E-state index contributed by atoms with van der Waals surface area (Å²) in [6.45, 7) is 8.31. The molecule has 2 nitrogen and oxygen atoms in total. The number of phenols is 1. The second-order valence-electron chi connectivity index (χ2n) is 6.44. The summed E-state index contributed by atoms with van der Waals surface area (Å²) in [6, 6.07) is 9.35. The number of benzene rings is 3. The van der Waals surface area contributed by atoms with Gasteiger partial charge in [-0.1, -0.05) is 24.3 Å². The lowest BCUT2D eigenvalue weighted by molar-refractivity contribution is 0.104. The summed E-state index contributed by atoms with van der Waals surface area (Å²) >= 11 is 0. The molecule has 0 aromatic heterocycles. The van der Waals surface area contributed by atoms with Crippen molar-refractivity contribution in [3.63, 3.8) is 0 Å². The predicted molar refractivity (Wildman–Crippen MR) is 93.4 cm³/mol. The molecule has 3 aromatic carbocycles. The number of aryl methyl sites for hydroxylation is 2. The standard InChI is InChI=1S/C21H18O2/c1-10-11(2)13(4)19-18(12(10)3)17(22)9-16-20(19)14-7-5-6-8-15(14)21(16)23/h5-9,22H,1-4H3. The predicted octanol–water partition coefficient (Wildman–Crippen LogP) is 4.99. The van der Waals surface area contributed by atoms with Crippen LogP contribution in [-0.2, 0) is 0 Å². The molecule has 114 valence electrons. The third-order valence-corrected chi connectivity index (χ3v) is 5.43. The maximum absolute atomic E-state index is 12.7.